The number of benzene rings is 1. The Morgan fingerprint density at radius 1 is 1.26 bits per heavy atom. The van der Waals surface area contributed by atoms with Crippen molar-refractivity contribution < 1.29 is 4.79 Å². The van der Waals surface area contributed by atoms with Gasteiger partial charge < -0.3 is 21.3 Å². The highest BCUT2D eigenvalue weighted by Gasteiger charge is 2.22. The number of carbonyl (C=O) groups excluding carboxylic acids is 1. The maximum Gasteiger partial charge on any atom is 0.263 e. The smallest absolute Gasteiger partial charge is 0.263 e. The first-order valence-corrected chi connectivity index (χ1v) is 11.8. The molecule has 164 valence electrons. The van der Waals surface area contributed by atoms with Gasteiger partial charge in [0.15, 0.2) is 0 Å². The second-order valence-corrected chi connectivity index (χ2v) is 9.57. The quantitative estimate of drug-likeness (QED) is 0.525. The van der Waals surface area contributed by atoms with Crippen LogP contribution in [0, 0.1) is 6.92 Å². The normalized spacial score (nSPS) is 16.4. The molecule has 7 heteroatoms. The number of anilines is 2. The Morgan fingerprint density at radius 3 is 2.77 bits per heavy atom. The summed E-state index contributed by atoms with van der Waals surface area (Å²) < 4.78 is 0. The number of nitrogens with one attached hydrogen (secondary N) is 2. The third-order valence-corrected chi connectivity index (χ3v) is 6.81. The molecule has 0 spiro atoms. The predicted octanol–water partition coefficient (Wildman–Crippen LogP) is 3.74. The van der Waals surface area contributed by atoms with E-state index in [9.17, 15) is 4.79 Å². The minimum absolute atomic E-state index is 0.129. The second-order valence-electron chi connectivity index (χ2n) is 8.58. The summed E-state index contributed by atoms with van der Waals surface area (Å²) in [5, 5.41) is 7.48. The first kappa shape index (κ1) is 21.6. The van der Waals surface area contributed by atoms with Crippen molar-refractivity contribution in [2.75, 3.05) is 30.3 Å². The zero-order valence-electron chi connectivity index (χ0n) is 18.4. The Balaban J connectivity index is 1.30. The summed E-state index contributed by atoms with van der Waals surface area (Å²) in [5.41, 5.74) is 10.1. The van der Waals surface area contributed by atoms with Crippen molar-refractivity contribution >= 4 is 38.8 Å². The second kappa shape index (κ2) is 9.24. The van der Waals surface area contributed by atoms with Crippen molar-refractivity contribution in [2.24, 2.45) is 0 Å². The predicted molar refractivity (Wildman–Crippen MR) is 130 cm³/mol. The number of pyridine rings is 1. The topological polar surface area (TPSA) is 83.3 Å². The fourth-order valence-corrected chi connectivity index (χ4v) is 5.19. The molecule has 4 N–H and O–H groups in total. The molecule has 1 atom stereocenters. The van der Waals surface area contributed by atoms with Gasteiger partial charge in [0, 0.05) is 48.5 Å². The van der Waals surface area contributed by atoms with Crippen LogP contribution in [-0.2, 0) is 6.42 Å². The number of fused-ring (bicyclic) bond motifs is 1. The van der Waals surface area contributed by atoms with Gasteiger partial charge in [-0.25, -0.2) is 4.98 Å². The summed E-state index contributed by atoms with van der Waals surface area (Å²) in [5.74, 6) is -0.129. The third kappa shape index (κ3) is 4.99. The Morgan fingerprint density at radius 2 is 2.03 bits per heavy atom. The van der Waals surface area contributed by atoms with Gasteiger partial charge >= 0.3 is 0 Å². The first-order valence-electron chi connectivity index (χ1n) is 10.9. The lowest BCUT2D eigenvalue weighted by molar-refractivity contribution is 0.0959. The molecule has 3 aromatic rings. The van der Waals surface area contributed by atoms with Crippen LogP contribution >= 0.6 is 11.3 Å². The van der Waals surface area contributed by atoms with Gasteiger partial charge in [0.2, 0.25) is 0 Å². The van der Waals surface area contributed by atoms with E-state index in [0.29, 0.717) is 29.2 Å². The molecule has 1 saturated heterocycles. The zero-order valence-corrected chi connectivity index (χ0v) is 19.3. The van der Waals surface area contributed by atoms with Crippen LogP contribution in [0.3, 0.4) is 0 Å². The molecule has 1 amide bonds. The Kier molecular flexibility index (Phi) is 6.43. The number of nitrogens with two attached hydrogens (primary N) is 1. The van der Waals surface area contributed by atoms with Gasteiger partial charge in [-0.3, -0.25) is 4.79 Å². The maximum atomic E-state index is 12.6. The maximum absolute atomic E-state index is 12.6. The summed E-state index contributed by atoms with van der Waals surface area (Å²) >= 11 is 1.35. The molecule has 6 nitrogen and oxygen atoms in total. The van der Waals surface area contributed by atoms with E-state index in [1.807, 2.05) is 19.1 Å². The molecule has 2 aromatic heterocycles. The molecule has 0 bridgehead atoms. The van der Waals surface area contributed by atoms with E-state index in [1.54, 1.807) is 0 Å². The third-order valence-electron chi connectivity index (χ3n) is 5.70. The van der Waals surface area contributed by atoms with E-state index in [4.69, 9.17) is 5.73 Å². The van der Waals surface area contributed by atoms with Crippen LogP contribution in [-0.4, -0.2) is 42.6 Å². The number of hydrogen-bond acceptors (Lipinski definition) is 6. The van der Waals surface area contributed by atoms with Crippen LogP contribution in [0.2, 0.25) is 0 Å². The minimum atomic E-state index is -0.129. The van der Waals surface area contributed by atoms with Gasteiger partial charge in [-0.15, -0.1) is 11.3 Å². The van der Waals surface area contributed by atoms with Crippen LogP contribution in [0.25, 0.3) is 10.2 Å². The monoisotopic (exact) mass is 437 g/mol. The summed E-state index contributed by atoms with van der Waals surface area (Å²) in [6.45, 7) is 9.04. The molecule has 0 saturated carbocycles. The summed E-state index contributed by atoms with van der Waals surface area (Å²) in [7, 11) is 0. The number of carbonyl (C=O) groups is 1. The first-order chi connectivity index (χ1) is 14.9. The van der Waals surface area contributed by atoms with Crippen molar-refractivity contribution in [3.05, 3.63) is 52.5 Å². The van der Waals surface area contributed by atoms with Gasteiger partial charge in [-0.2, -0.15) is 0 Å². The van der Waals surface area contributed by atoms with Crippen molar-refractivity contribution in [1.29, 1.82) is 0 Å². The Bertz CT molecular complexity index is 1060. The van der Waals surface area contributed by atoms with E-state index in [2.05, 4.69) is 58.6 Å². The summed E-state index contributed by atoms with van der Waals surface area (Å²) in [6, 6.07) is 13.6. The number of rotatable bonds is 7. The fourth-order valence-electron chi connectivity index (χ4n) is 4.13. The van der Waals surface area contributed by atoms with E-state index >= 15 is 0 Å². The van der Waals surface area contributed by atoms with Crippen molar-refractivity contribution in [1.82, 2.24) is 15.6 Å². The summed E-state index contributed by atoms with van der Waals surface area (Å²) in [6.07, 6.45) is 1.97. The molecule has 1 aliphatic rings. The molecule has 1 aromatic carbocycles. The van der Waals surface area contributed by atoms with Crippen molar-refractivity contribution in [3.8, 4) is 0 Å². The highest BCUT2D eigenvalue weighted by molar-refractivity contribution is 7.21. The van der Waals surface area contributed by atoms with Crippen LogP contribution in [0.1, 0.15) is 41.2 Å². The average molecular weight is 438 g/mol. The lowest BCUT2D eigenvalue weighted by Crippen LogP contribution is -2.37. The van der Waals surface area contributed by atoms with E-state index in [1.165, 1.54) is 29.0 Å². The lowest BCUT2D eigenvalue weighted by Gasteiger charge is -2.20. The molecule has 4 rings (SSSR count). The highest BCUT2D eigenvalue weighted by atomic mass is 32.1. The molecular formula is C24H31N5OS. The number of nitrogen functional groups attached to an aromatic ring is 1. The number of amides is 1. The molecule has 1 fully saturated rings. The van der Waals surface area contributed by atoms with Gasteiger partial charge in [-0.05, 0) is 49.6 Å². The largest absolute Gasteiger partial charge is 0.397 e. The lowest BCUT2D eigenvalue weighted by atomic mass is 10.1. The molecule has 3 heterocycles. The van der Waals surface area contributed by atoms with Gasteiger partial charge in [-0.1, -0.05) is 26.0 Å². The SMILES string of the molecule is Cc1ccc2c(N)c(C(=O)NCCc3ccc(N4CC[C@@H](NC(C)C)C4)cc3)sc2n1. The zero-order chi connectivity index (χ0) is 22.0. The standard InChI is InChI=1S/C24H31N5OS/c1-15(2)27-18-11-13-29(14-18)19-7-5-17(6-8-19)10-12-26-23(30)22-21(25)20-9-4-16(3)28-24(20)31-22/h4-9,15,18,27H,10-14,25H2,1-3H3,(H,26,30)/t18-/m1/s1. The molecule has 0 unspecified atom stereocenters. The number of hydrogen-bond donors (Lipinski definition) is 3. The Labute approximate surface area is 187 Å². The Hall–Kier alpha value is -2.64. The molecule has 31 heavy (non-hydrogen) atoms. The van der Waals surface area contributed by atoms with E-state index in [0.717, 1.165) is 35.4 Å². The van der Waals surface area contributed by atoms with Crippen LogP contribution in [0.4, 0.5) is 11.4 Å². The van der Waals surface area contributed by atoms with E-state index in [-0.39, 0.29) is 5.91 Å². The van der Waals surface area contributed by atoms with Gasteiger partial charge in [0.05, 0.1) is 5.69 Å². The van der Waals surface area contributed by atoms with Gasteiger partial charge in [0.25, 0.3) is 5.91 Å². The van der Waals surface area contributed by atoms with Crippen molar-refractivity contribution in [3.63, 3.8) is 0 Å². The molecular weight excluding hydrogens is 406 g/mol. The summed E-state index contributed by atoms with van der Waals surface area (Å²) in [4.78, 5) is 20.9. The molecule has 0 radical (unpaired) electrons. The minimum Gasteiger partial charge on any atom is -0.397 e. The highest BCUT2D eigenvalue weighted by Crippen LogP contribution is 2.32. The van der Waals surface area contributed by atoms with Crippen molar-refractivity contribution in [2.45, 2.75) is 45.7 Å². The fraction of sp³-hybridized carbons (Fsp3) is 0.417. The number of aryl methyl sites for hydroxylation is 1. The van der Waals surface area contributed by atoms with Gasteiger partial charge in [0.1, 0.15) is 9.71 Å². The van der Waals surface area contributed by atoms with E-state index < -0.39 is 0 Å². The molecule has 1 aliphatic heterocycles. The average Bonchev–Trinajstić information content (AvgIpc) is 3.32. The number of nitrogens with zero attached hydrogens (tertiary/aromatic N) is 2. The van der Waals surface area contributed by atoms with Crippen LogP contribution < -0.4 is 21.3 Å². The van der Waals surface area contributed by atoms with Crippen LogP contribution in [0.15, 0.2) is 36.4 Å². The number of thiophene rings is 1. The van der Waals surface area contributed by atoms with Crippen LogP contribution in [0.5, 0.6) is 0 Å². The molecule has 0 aliphatic carbocycles. The number of aromatic nitrogens is 1.